The molecule has 0 radical (unpaired) electrons. The first-order valence-electron chi connectivity index (χ1n) is 7.27. The molecule has 0 saturated carbocycles. The fourth-order valence-corrected chi connectivity index (χ4v) is 2.42. The molecule has 0 aromatic heterocycles. The first-order valence-corrected chi connectivity index (χ1v) is 7.27. The van der Waals surface area contributed by atoms with E-state index in [0.29, 0.717) is 13.2 Å². The number of aliphatic hydroxyl groups is 1. The number of alkyl carbamates (subject to hydrolysis) is 1. The molecule has 2 aromatic rings. The second kappa shape index (κ2) is 7.66. The molecule has 0 fully saturated rings. The number of nitrogens with one attached hydrogen (secondary N) is 1. The first kappa shape index (κ1) is 16.1. The van der Waals surface area contributed by atoms with Crippen LogP contribution in [-0.4, -0.2) is 38.1 Å². The molecule has 118 valence electrons. The van der Waals surface area contributed by atoms with Gasteiger partial charge < -0.3 is 19.9 Å². The summed E-state index contributed by atoms with van der Waals surface area (Å²) in [5.74, 6) is 0.551. The predicted octanol–water partition coefficient (Wildman–Crippen LogP) is 2.67. The van der Waals surface area contributed by atoms with E-state index in [9.17, 15) is 9.90 Å². The number of ether oxygens (including phenoxy) is 2. The van der Waals surface area contributed by atoms with E-state index in [1.165, 1.54) is 0 Å². The fourth-order valence-electron chi connectivity index (χ4n) is 2.42. The van der Waals surface area contributed by atoms with Crippen LogP contribution in [0.4, 0.5) is 4.79 Å². The summed E-state index contributed by atoms with van der Waals surface area (Å²) < 4.78 is 10.1. The van der Waals surface area contributed by atoms with E-state index in [1.807, 2.05) is 36.4 Å². The third kappa shape index (κ3) is 3.68. The zero-order valence-corrected chi connectivity index (χ0v) is 12.8. The van der Waals surface area contributed by atoms with Crippen LogP contribution < -0.4 is 10.1 Å². The number of rotatable bonds is 6. The van der Waals surface area contributed by atoms with Gasteiger partial charge in [0.1, 0.15) is 5.75 Å². The van der Waals surface area contributed by atoms with Crippen LogP contribution in [0, 0.1) is 0 Å². The van der Waals surface area contributed by atoms with Crippen LogP contribution in [-0.2, 0) is 4.74 Å². The third-order valence-corrected chi connectivity index (χ3v) is 3.55. The molecule has 1 atom stereocenters. The number of carbonyl (C=O) groups is 1. The molecular formula is C17H21NO4. The van der Waals surface area contributed by atoms with E-state index in [2.05, 4.69) is 5.32 Å². The van der Waals surface area contributed by atoms with Crippen LogP contribution in [0.2, 0.25) is 0 Å². The Balaban J connectivity index is 2.28. The standard InChI is InChI=1S/C17H21NO4/c1-3-22-17(20)18-10-13(11-19)15-6-4-5-12-7-8-14(21-2)9-16(12)15/h4-9,13,19H,3,10-11H2,1-2H3,(H,18,20). The maximum absolute atomic E-state index is 11.4. The van der Waals surface area contributed by atoms with Gasteiger partial charge in [-0.2, -0.15) is 0 Å². The topological polar surface area (TPSA) is 67.8 Å². The molecule has 5 heteroatoms. The molecule has 0 aliphatic heterocycles. The Morgan fingerprint density at radius 2 is 2.14 bits per heavy atom. The zero-order chi connectivity index (χ0) is 15.9. The van der Waals surface area contributed by atoms with Gasteiger partial charge in [-0.3, -0.25) is 0 Å². The van der Waals surface area contributed by atoms with Crippen molar-refractivity contribution in [2.24, 2.45) is 0 Å². The van der Waals surface area contributed by atoms with Crippen molar-refractivity contribution in [3.05, 3.63) is 42.0 Å². The zero-order valence-electron chi connectivity index (χ0n) is 12.8. The van der Waals surface area contributed by atoms with Crippen LogP contribution in [0.5, 0.6) is 5.75 Å². The Hall–Kier alpha value is -2.27. The van der Waals surface area contributed by atoms with Crippen molar-refractivity contribution >= 4 is 16.9 Å². The molecule has 1 unspecified atom stereocenters. The molecule has 2 aromatic carbocycles. The van der Waals surface area contributed by atoms with Crippen molar-refractivity contribution in [2.45, 2.75) is 12.8 Å². The lowest BCUT2D eigenvalue weighted by Crippen LogP contribution is -2.30. The molecule has 0 aliphatic rings. The fraction of sp³-hybridized carbons (Fsp3) is 0.353. The lowest BCUT2D eigenvalue weighted by molar-refractivity contribution is 0.150. The van der Waals surface area contributed by atoms with Gasteiger partial charge in [0.15, 0.2) is 0 Å². The highest BCUT2D eigenvalue weighted by atomic mass is 16.5. The molecule has 0 aliphatic carbocycles. The summed E-state index contributed by atoms with van der Waals surface area (Å²) in [6.45, 7) is 2.32. The van der Waals surface area contributed by atoms with Crippen LogP contribution in [0.1, 0.15) is 18.4 Å². The predicted molar refractivity (Wildman–Crippen MR) is 85.4 cm³/mol. The lowest BCUT2D eigenvalue weighted by Gasteiger charge is -2.18. The SMILES string of the molecule is CCOC(=O)NCC(CO)c1cccc2ccc(OC)cc12. The Kier molecular flexibility index (Phi) is 5.61. The van der Waals surface area contributed by atoms with E-state index < -0.39 is 6.09 Å². The average Bonchev–Trinajstić information content (AvgIpc) is 2.55. The number of hydrogen-bond donors (Lipinski definition) is 2. The van der Waals surface area contributed by atoms with Crippen LogP contribution in [0.25, 0.3) is 10.8 Å². The number of benzene rings is 2. The van der Waals surface area contributed by atoms with Crippen LogP contribution >= 0.6 is 0 Å². The number of fused-ring (bicyclic) bond motifs is 1. The minimum atomic E-state index is -0.473. The molecule has 0 bridgehead atoms. The smallest absolute Gasteiger partial charge is 0.407 e. The van der Waals surface area contributed by atoms with Gasteiger partial charge >= 0.3 is 6.09 Å². The normalized spacial score (nSPS) is 12.0. The summed E-state index contributed by atoms with van der Waals surface area (Å²) in [5.41, 5.74) is 0.968. The van der Waals surface area contributed by atoms with Gasteiger partial charge in [0.25, 0.3) is 0 Å². The van der Waals surface area contributed by atoms with E-state index in [-0.39, 0.29) is 12.5 Å². The van der Waals surface area contributed by atoms with Crippen molar-refractivity contribution in [3.63, 3.8) is 0 Å². The van der Waals surface area contributed by atoms with Crippen molar-refractivity contribution in [1.82, 2.24) is 5.32 Å². The van der Waals surface area contributed by atoms with Crippen molar-refractivity contribution in [3.8, 4) is 5.75 Å². The molecule has 2 N–H and O–H groups in total. The van der Waals surface area contributed by atoms with Gasteiger partial charge in [-0.1, -0.05) is 24.3 Å². The average molecular weight is 303 g/mol. The van der Waals surface area contributed by atoms with Crippen molar-refractivity contribution in [2.75, 3.05) is 26.9 Å². The van der Waals surface area contributed by atoms with Gasteiger partial charge in [-0.15, -0.1) is 0 Å². The summed E-state index contributed by atoms with van der Waals surface area (Å²) in [6, 6.07) is 11.7. The van der Waals surface area contributed by atoms with Gasteiger partial charge in [0.05, 0.1) is 20.3 Å². The highest BCUT2D eigenvalue weighted by molar-refractivity contribution is 5.87. The summed E-state index contributed by atoms with van der Waals surface area (Å²) in [7, 11) is 1.62. The molecule has 1 amide bonds. The molecule has 0 saturated heterocycles. The number of methoxy groups -OCH3 is 1. The van der Waals surface area contributed by atoms with E-state index in [4.69, 9.17) is 9.47 Å². The Bertz CT molecular complexity index is 642. The van der Waals surface area contributed by atoms with Crippen molar-refractivity contribution in [1.29, 1.82) is 0 Å². The minimum Gasteiger partial charge on any atom is -0.497 e. The maximum Gasteiger partial charge on any atom is 0.407 e. The number of aliphatic hydroxyl groups excluding tert-OH is 1. The quantitative estimate of drug-likeness (QED) is 0.861. The monoisotopic (exact) mass is 303 g/mol. The van der Waals surface area contributed by atoms with Gasteiger partial charge in [0, 0.05) is 12.5 Å². The third-order valence-electron chi connectivity index (χ3n) is 3.55. The highest BCUT2D eigenvalue weighted by Crippen LogP contribution is 2.28. The molecular weight excluding hydrogens is 282 g/mol. The number of amides is 1. The van der Waals surface area contributed by atoms with Gasteiger partial charge in [-0.05, 0) is 35.4 Å². The number of carbonyl (C=O) groups excluding carboxylic acids is 1. The summed E-state index contributed by atoms with van der Waals surface area (Å²) in [4.78, 5) is 11.4. The van der Waals surface area contributed by atoms with Gasteiger partial charge in [0.2, 0.25) is 0 Å². The van der Waals surface area contributed by atoms with Crippen LogP contribution in [0.15, 0.2) is 36.4 Å². The maximum atomic E-state index is 11.4. The number of hydrogen-bond acceptors (Lipinski definition) is 4. The lowest BCUT2D eigenvalue weighted by atomic mass is 9.93. The largest absolute Gasteiger partial charge is 0.497 e. The van der Waals surface area contributed by atoms with E-state index in [1.54, 1.807) is 14.0 Å². The molecule has 0 spiro atoms. The van der Waals surface area contributed by atoms with Gasteiger partial charge in [-0.25, -0.2) is 4.79 Å². The van der Waals surface area contributed by atoms with Crippen LogP contribution in [0.3, 0.4) is 0 Å². The molecule has 22 heavy (non-hydrogen) atoms. The van der Waals surface area contributed by atoms with E-state index in [0.717, 1.165) is 22.1 Å². The second-order valence-electron chi connectivity index (χ2n) is 4.92. The highest BCUT2D eigenvalue weighted by Gasteiger charge is 2.15. The van der Waals surface area contributed by atoms with Crippen molar-refractivity contribution < 1.29 is 19.4 Å². The molecule has 2 rings (SSSR count). The summed E-state index contributed by atoms with van der Waals surface area (Å²) in [6.07, 6.45) is -0.473. The molecule has 0 heterocycles. The Labute approximate surface area is 129 Å². The second-order valence-corrected chi connectivity index (χ2v) is 4.92. The summed E-state index contributed by atoms with van der Waals surface area (Å²) in [5, 5.41) is 14.4. The first-order chi connectivity index (χ1) is 10.7. The Morgan fingerprint density at radius 1 is 1.32 bits per heavy atom. The summed E-state index contributed by atoms with van der Waals surface area (Å²) >= 11 is 0. The Morgan fingerprint density at radius 3 is 2.82 bits per heavy atom. The molecule has 5 nitrogen and oxygen atoms in total. The van der Waals surface area contributed by atoms with E-state index >= 15 is 0 Å². The minimum absolute atomic E-state index is 0.0667.